The highest BCUT2D eigenvalue weighted by molar-refractivity contribution is 6.30. The minimum atomic E-state index is -0.689. The van der Waals surface area contributed by atoms with E-state index in [1.807, 2.05) is 0 Å². The molecule has 0 spiro atoms. The number of esters is 1. The monoisotopic (exact) mass is 374 g/mol. The molecule has 2 aromatic carbocycles. The van der Waals surface area contributed by atoms with Gasteiger partial charge in [0.15, 0.2) is 6.61 Å². The summed E-state index contributed by atoms with van der Waals surface area (Å²) in [6, 6.07) is 10.9. The number of halogens is 1. The molecular weight excluding hydrogens is 360 g/mol. The first-order chi connectivity index (χ1) is 12.3. The molecule has 0 saturated heterocycles. The zero-order chi connectivity index (χ0) is 19.1. The van der Waals surface area contributed by atoms with Crippen LogP contribution in [0.15, 0.2) is 48.5 Å². The number of carbonyl (C=O) groups excluding carboxylic acids is 2. The van der Waals surface area contributed by atoms with Crippen LogP contribution in [0.2, 0.25) is 5.02 Å². The van der Waals surface area contributed by atoms with Gasteiger partial charge in [0.05, 0.1) is 10.6 Å². The van der Waals surface area contributed by atoms with Crippen molar-refractivity contribution in [3.8, 4) is 0 Å². The summed E-state index contributed by atoms with van der Waals surface area (Å²) in [5, 5.41) is 13.8. The van der Waals surface area contributed by atoms with Gasteiger partial charge in [0.2, 0.25) is 0 Å². The lowest BCUT2D eigenvalue weighted by molar-refractivity contribution is -0.384. The number of nitrogens with one attached hydrogen (secondary N) is 1. The molecule has 0 radical (unpaired) electrons. The van der Waals surface area contributed by atoms with Crippen LogP contribution in [0.1, 0.15) is 11.1 Å². The summed E-state index contributed by atoms with van der Waals surface area (Å²) in [5.74, 6) is -1.28. The lowest BCUT2D eigenvalue weighted by atomic mass is 10.2. The molecular formula is C18H15ClN2O5. The van der Waals surface area contributed by atoms with E-state index in [9.17, 15) is 19.7 Å². The van der Waals surface area contributed by atoms with Crippen LogP contribution in [0.3, 0.4) is 0 Å². The van der Waals surface area contributed by atoms with Crippen LogP contribution in [-0.2, 0) is 14.3 Å². The fourth-order valence-electron chi connectivity index (χ4n) is 1.97. The fraction of sp³-hybridized carbons (Fsp3) is 0.111. The summed E-state index contributed by atoms with van der Waals surface area (Å²) in [7, 11) is 0. The Morgan fingerprint density at radius 2 is 1.92 bits per heavy atom. The standard InChI is InChI=1S/C18H15ClN2O5/c1-12-2-8-15(21(24)25)10-16(12)20-17(22)11-26-18(23)9-5-13-3-6-14(19)7-4-13/h2-10H,11H2,1H3,(H,20,22)/b9-5+. The molecule has 0 bridgehead atoms. The Bertz CT molecular complexity index is 862. The normalized spacial score (nSPS) is 10.5. The van der Waals surface area contributed by atoms with E-state index in [1.54, 1.807) is 31.2 Å². The number of nitrogens with zero attached hydrogens (tertiary/aromatic N) is 1. The molecule has 0 heterocycles. The third-order valence-corrected chi connectivity index (χ3v) is 3.59. The Kier molecular flexibility index (Phi) is 6.46. The molecule has 2 rings (SSSR count). The molecule has 1 N–H and O–H groups in total. The summed E-state index contributed by atoms with van der Waals surface area (Å²) in [6.45, 7) is 1.19. The van der Waals surface area contributed by atoms with Crippen molar-refractivity contribution in [3.05, 3.63) is 74.8 Å². The number of ether oxygens (including phenoxy) is 1. The third-order valence-electron chi connectivity index (χ3n) is 3.33. The summed E-state index contributed by atoms with van der Waals surface area (Å²) < 4.78 is 4.84. The van der Waals surface area contributed by atoms with Gasteiger partial charge in [-0.3, -0.25) is 14.9 Å². The predicted octanol–water partition coefficient (Wildman–Crippen LogP) is 3.75. The number of nitro groups is 1. The third kappa shape index (κ3) is 5.71. The van der Waals surface area contributed by atoms with E-state index >= 15 is 0 Å². The van der Waals surface area contributed by atoms with Crippen molar-refractivity contribution in [2.45, 2.75) is 6.92 Å². The lowest BCUT2D eigenvalue weighted by Crippen LogP contribution is -2.20. The van der Waals surface area contributed by atoms with Crippen LogP contribution < -0.4 is 5.32 Å². The zero-order valence-corrected chi connectivity index (χ0v) is 14.5. The van der Waals surface area contributed by atoms with E-state index < -0.39 is 23.4 Å². The Morgan fingerprint density at radius 3 is 2.58 bits per heavy atom. The molecule has 0 fully saturated rings. The number of rotatable bonds is 6. The topological polar surface area (TPSA) is 98.5 Å². The molecule has 8 heteroatoms. The second kappa shape index (κ2) is 8.77. The fourth-order valence-corrected chi connectivity index (χ4v) is 2.09. The van der Waals surface area contributed by atoms with Crippen molar-refractivity contribution in [3.63, 3.8) is 0 Å². The Balaban J connectivity index is 1.88. The molecule has 7 nitrogen and oxygen atoms in total. The maximum atomic E-state index is 11.9. The number of carbonyl (C=O) groups is 2. The van der Waals surface area contributed by atoms with Crippen molar-refractivity contribution in [2.75, 3.05) is 11.9 Å². The first-order valence-corrected chi connectivity index (χ1v) is 7.88. The molecule has 0 saturated carbocycles. The summed E-state index contributed by atoms with van der Waals surface area (Å²) >= 11 is 5.77. The Morgan fingerprint density at radius 1 is 1.23 bits per heavy atom. The maximum absolute atomic E-state index is 11.9. The van der Waals surface area contributed by atoms with Crippen LogP contribution >= 0.6 is 11.6 Å². The average Bonchev–Trinajstić information content (AvgIpc) is 2.61. The van der Waals surface area contributed by atoms with E-state index in [-0.39, 0.29) is 11.4 Å². The van der Waals surface area contributed by atoms with Crippen molar-refractivity contribution in [1.29, 1.82) is 0 Å². The molecule has 0 aliphatic carbocycles. The average molecular weight is 375 g/mol. The number of non-ortho nitro benzene ring substituents is 1. The second-order valence-electron chi connectivity index (χ2n) is 5.30. The van der Waals surface area contributed by atoms with E-state index in [2.05, 4.69) is 5.32 Å². The van der Waals surface area contributed by atoms with Gasteiger partial charge < -0.3 is 10.1 Å². The van der Waals surface area contributed by atoms with Crippen molar-refractivity contribution in [1.82, 2.24) is 0 Å². The van der Waals surface area contributed by atoms with E-state index in [0.29, 0.717) is 10.6 Å². The Hall–Kier alpha value is -3.19. The van der Waals surface area contributed by atoms with Gasteiger partial charge >= 0.3 is 5.97 Å². The van der Waals surface area contributed by atoms with Crippen LogP contribution in [-0.4, -0.2) is 23.4 Å². The maximum Gasteiger partial charge on any atom is 0.331 e. The second-order valence-corrected chi connectivity index (χ2v) is 5.73. The van der Waals surface area contributed by atoms with Crippen LogP contribution in [0.25, 0.3) is 6.08 Å². The number of amides is 1. The number of nitro benzene ring substituents is 1. The Labute approximate surface area is 154 Å². The van der Waals surface area contributed by atoms with Crippen molar-refractivity contribution >= 4 is 40.9 Å². The number of aryl methyl sites for hydroxylation is 1. The van der Waals surface area contributed by atoms with Crippen LogP contribution in [0.5, 0.6) is 0 Å². The quantitative estimate of drug-likeness (QED) is 0.359. The van der Waals surface area contributed by atoms with Gasteiger partial charge in [-0.05, 0) is 36.3 Å². The van der Waals surface area contributed by atoms with Gasteiger partial charge in [-0.1, -0.05) is 29.8 Å². The summed E-state index contributed by atoms with van der Waals surface area (Å²) in [6.07, 6.45) is 2.72. The highest BCUT2D eigenvalue weighted by atomic mass is 35.5. The lowest BCUT2D eigenvalue weighted by Gasteiger charge is -2.08. The highest BCUT2D eigenvalue weighted by Gasteiger charge is 2.12. The van der Waals surface area contributed by atoms with Crippen LogP contribution in [0.4, 0.5) is 11.4 Å². The number of hydrogen-bond acceptors (Lipinski definition) is 5. The van der Waals surface area contributed by atoms with E-state index in [1.165, 1.54) is 30.4 Å². The van der Waals surface area contributed by atoms with Crippen molar-refractivity contribution in [2.24, 2.45) is 0 Å². The highest BCUT2D eigenvalue weighted by Crippen LogP contribution is 2.21. The molecule has 26 heavy (non-hydrogen) atoms. The molecule has 0 aromatic heterocycles. The van der Waals surface area contributed by atoms with Crippen molar-refractivity contribution < 1.29 is 19.2 Å². The van der Waals surface area contributed by atoms with E-state index in [0.717, 1.165) is 5.56 Å². The van der Waals surface area contributed by atoms with Gasteiger partial charge in [-0.25, -0.2) is 4.79 Å². The SMILES string of the molecule is Cc1ccc([N+](=O)[O-])cc1NC(=O)COC(=O)/C=C/c1ccc(Cl)cc1. The minimum Gasteiger partial charge on any atom is -0.452 e. The van der Waals surface area contributed by atoms with Crippen LogP contribution in [0, 0.1) is 17.0 Å². The molecule has 0 aliphatic rings. The first kappa shape index (κ1) is 19.1. The number of anilines is 1. The van der Waals surface area contributed by atoms with Gasteiger partial charge in [0.1, 0.15) is 0 Å². The van der Waals surface area contributed by atoms with Gasteiger partial charge in [0, 0.05) is 23.2 Å². The summed E-state index contributed by atoms with van der Waals surface area (Å²) in [5.41, 5.74) is 1.55. The molecule has 0 atom stereocenters. The largest absolute Gasteiger partial charge is 0.452 e. The zero-order valence-electron chi connectivity index (χ0n) is 13.8. The molecule has 0 unspecified atom stereocenters. The first-order valence-electron chi connectivity index (χ1n) is 7.50. The van der Waals surface area contributed by atoms with Gasteiger partial charge in [-0.2, -0.15) is 0 Å². The van der Waals surface area contributed by atoms with E-state index in [4.69, 9.17) is 16.3 Å². The smallest absolute Gasteiger partial charge is 0.331 e. The summed E-state index contributed by atoms with van der Waals surface area (Å²) in [4.78, 5) is 33.7. The molecule has 134 valence electrons. The number of benzene rings is 2. The predicted molar refractivity (Wildman–Crippen MR) is 97.9 cm³/mol. The number of hydrogen-bond donors (Lipinski definition) is 1. The van der Waals surface area contributed by atoms with Gasteiger partial charge in [-0.15, -0.1) is 0 Å². The molecule has 1 amide bonds. The van der Waals surface area contributed by atoms with Gasteiger partial charge in [0.25, 0.3) is 11.6 Å². The minimum absolute atomic E-state index is 0.145. The molecule has 2 aromatic rings. The molecule has 0 aliphatic heterocycles.